The van der Waals surface area contributed by atoms with E-state index in [1.807, 2.05) is 0 Å². The van der Waals surface area contributed by atoms with Gasteiger partial charge in [0.05, 0.1) is 11.5 Å². The van der Waals surface area contributed by atoms with Crippen molar-refractivity contribution in [2.24, 2.45) is 10.7 Å². The zero-order valence-electron chi connectivity index (χ0n) is 10.8. The lowest BCUT2D eigenvalue weighted by Crippen LogP contribution is -2.32. The van der Waals surface area contributed by atoms with Crippen molar-refractivity contribution in [3.8, 4) is 0 Å². The average Bonchev–Trinajstić information content (AvgIpc) is 2.37. The second-order valence-corrected chi connectivity index (χ2v) is 3.91. The zero-order valence-corrected chi connectivity index (χ0v) is 13.2. The van der Waals surface area contributed by atoms with Crippen molar-refractivity contribution in [2.45, 2.75) is 26.3 Å². The van der Waals surface area contributed by atoms with Gasteiger partial charge in [0, 0.05) is 18.7 Å². The topological polar surface area (TPSA) is 93.5 Å². The van der Waals surface area contributed by atoms with E-state index in [-0.39, 0.29) is 29.7 Å². The first-order valence-electron chi connectivity index (χ1n) is 5.90. The van der Waals surface area contributed by atoms with E-state index in [1.165, 1.54) is 12.1 Å². The van der Waals surface area contributed by atoms with E-state index < -0.39 is 4.92 Å². The number of nitro benzene ring substituents is 1. The number of nitrogens with zero attached hydrogens (tertiary/aromatic N) is 2. The molecule has 0 heterocycles. The van der Waals surface area contributed by atoms with Gasteiger partial charge >= 0.3 is 0 Å². The Hall–Kier alpha value is -1.38. The quantitative estimate of drug-likeness (QED) is 0.199. The molecule has 6 nitrogen and oxygen atoms in total. The van der Waals surface area contributed by atoms with Crippen LogP contribution in [0.5, 0.6) is 0 Å². The number of nitrogens with one attached hydrogen (secondary N) is 1. The third-order valence-corrected chi connectivity index (χ3v) is 2.39. The van der Waals surface area contributed by atoms with Gasteiger partial charge in [0.1, 0.15) is 0 Å². The molecular formula is C12H19IN4O2. The van der Waals surface area contributed by atoms with Crippen molar-refractivity contribution in [1.29, 1.82) is 0 Å². The summed E-state index contributed by atoms with van der Waals surface area (Å²) in [4.78, 5) is 14.3. The molecule has 1 aromatic carbocycles. The molecule has 0 aromatic heterocycles. The number of rotatable bonds is 6. The van der Waals surface area contributed by atoms with Crippen molar-refractivity contribution in [3.63, 3.8) is 0 Å². The van der Waals surface area contributed by atoms with Crippen LogP contribution >= 0.6 is 24.0 Å². The van der Waals surface area contributed by atoms with Crippen LogP contribution in [0.2, 0.25) is 0 Å². The number of nitro groups is 1. The fraction of sp³-hybridized carbons (Fsp3) is 0.417. The molecule has 7 heteroatoms. The van der Waals surface area contributed by atoms with Gasteiger partial charge < -0.3 is 11.1 Å². The highest BCUT2D eigenvalue weighted by atomic mass is 127. The molecule has 0 atom stereocenters. The molecule has 0 aliphatic carbocycles. The van der Waals surface area contributed by atoms with Gasteiger partial charge in [-0.3, -0.25) is 10.1 Å². The van der Waals surface area contributed by atoms with Gasteiger partial charge in [-0.05, 0) is 12.0 Å². The minimum atomic E-state index is -0.421. The third-order valence-electron chi connectivity index (χ3n) is 2.39. The maximum Gasteiger partial charge on any atom is 0.269 e. The number of hydrogen-bond donors (Lipinski definition) is 2. The predicted molar refractivity (Wildman–Crippen MR) is 86.7 cm³/mol. The minimum Gasteiger partial charge on any atom is -0.370 e. The molecule has 0 radical (unpaired) electrons. The second-order valence-electron chi connectivity index (χ2n) is 3.91. The average molecular weight is 378 g/mol. The summed E-state index contributed by atoms with van der Waals surface area (Å²) in [6.45, 7) is 3.23. The molecule has 0 unspecified atom stereocenters. The zero-order chi connectivity index (χ0) is 13.4. The normalized spacial score (nSPS) is 10.7. The molecule has 0 saturated carbocycles. The molecule has 106 valence electrons. The number of aliphatic imine (C=N–C) groups is 1. The van der Waals surface area contributed by atoms with Crippen LogP contribution < -0.4 is 11.1 Å². The van der Waals surface area contributed by atoms with Crippen LogP contribution in [-0.4, -0.2) is 17.4 Å². The van der Waals surface area contributed by atoms with Crippen LogP contribution in [0.1, 0.15) is 25.3 Å². The molecule has 0 aliphatic rings. The first-order chi connectivity index (χ1) is 8.63. The van der Waals surface area contributed by atoms with E-state index >= 15 is 0 Å². The number of non-ortho nitro benzene ring substituents is 1. The summed E-state index contributed by atoms with van der Waals surface area (Å²) in [5, 5.41) is 13.6. The summed E-state index contributed by atoms with van der Waals surface area (Å²) in [6, 6.07) is 6.39. The SMILES string of the molecule is CCCCNC(N)=NCc1cccc([N+](=O)[O-])c1.I. The first-order valence-corrected chi connectivity index (χ1v) is 5.90. The van der Waals surface area contributed by atoms with Gasteiger partial charge in [0.25, 0.3) is 5.69 Å². The molecule has 0 amide bonds. The van der Waals surface area contributed by atoms with Crippen LogP contribution in [-0.2, 0) is 6.54 Å². The van der Waals surface area contributed by atoms with Crippen LogP contribution in [0, 0.1) is 10.1 Å². The monoisotopic (exact) mass is 378 g/mol. The van der Waals surface area contributed by atoms with Crippen LogP contribution in [0.25, 0.3) is 0 Å². The molecule has 19 heavy (non-hydrogen) atoms. The smallest absolute Gasteiger partial charge is 0.269 e. The standard InChI is InChI=1S/C12H18N4O2.HI/c1-2-3-7-14-12(13)15-9-10-5-4-6-11(8-10)16(17)18;/h4-6,8H,2-3,7,9H2,1H3,(H3,13,14,15);1H. The van der Waals surface area contributed by atoms with Gasteiger partial charge in [0.15, 0.2) is 5.96 Å². The van der Waals surface area contributed by atoms with Gasteiger partial charge in [0.2, 0.25) is 0 Å². The third kappa shape index (κ3) is 6.94. The number of benzene rings is 1. The van der Waals surface area contributed by atoms with Gasteiger partial charge in [-0.1, -0.05) is 25.5 Å². The molecule has 0 bridgehead atoms. The Morgan fingerprint density at radius 1 is 1.53 bits per heavy atom. The Morgan fingerprint density at radius 2 is 2.26 bits per heavy atom. The number of nitrogens with two attached hydrogens (primary N) is 1. The summed E-state index contributed by atoms with van der Waals surface area (Å²) in [7, 11) is 0. The number of hydrogen-bond acceptors (Lipinski definition) is 3. The number of unbranched alkanes of at least 4 members (excludes halogenated alkanes) is 1. The van der Waals surface area contributed by atoms with E-state index in [9.17, 15) is 10.1 Å². The predicted octanol–water partition coefficient (Wildman–Crippen LogP) is 2.42. The Bertz CT molecular complexity index is 437. The molecule has 0 fully saturated rings. The Labute approximate surface area is 129 Å². The van der Waals surface area contributed by atoms with Crippen molar-refractivity contribution in [3.05, 3.63) is 39.9 Å². The Kier molecular flexibility index (Phi) is 8.84. The van der Waals surface area contributed by atoms with Crippen molar-refractivity contribution in [1.82, 2.24) is 5.32 Å². The van der Waals surface area contributed by atoms with Crippen molar-refractivity contribution < 1.29 is 4.92 Å². The fourth-order valence-corrected chi connectivity index (χ4v) is 1.39. The molecule has 3 N–H and O–H groups in total. The second kappa shape index (κ2) is 9.54. The largest absolute Gasteiger partial charge is 0.370 e. The lowest BCUT2D eigenvalue weighted by molar-refractivity contribution is -0.384. The lowest BCUT2D eigenvalue weighted by atomic mass is 10.2. The molecule has 0 spiro atoms. The number of guanidine groups is 1. The van der Waals surface area contributed by atoms with E-state index in [0.29, 0.717) is 12.5 Å². The van der Waals surface area contributed by atoms with Crippen LogP contribution in [0.15, 0.2) is 29.3 Å². The number of halogens is 1. The highest BCUT2D eigenvalue weighted by molar-refractivity contribution is 14.0. The van der Waals surface area contributed by atoms with Crippen molar-refractivity contribution in [2.75, 3.05) is 6.54 Å². The Balaban J connectivity index is 0.00000324. The van der Waals surface area contributed by atoms with Crippen LogP contribution in [0.3, 0.4) is 0 Å². The highest BCUT2D eigenvalue weighted by Gasteiger charge is 2.04. The summed E-state index contributed by atoms with van der Waals surface area (Å²) in [6.07, 6.45) is 2.12. The molecule has 0 saturated heterocycles. The lowest BCUT2D eigenvalue weighted by Gasteiger charge is -2.04. The van der Waals surface area contributed by atoms with Gasteiger partial charge in [-0.2, -0.15) is 0 Å². The molecule has 1 rings (SSSR count). The maximum atomic E-state index is 10.6. The Morgan fingerprint density at radius 3 is 2.89 bits per heavy atom. The van der Waals surface area contributed by atoms with E-state index in [4.69, 9.17) is 5.73 Å². The molecular weight excluding hydrogens is 359 g/mol. The van der Waals surface area contributed by atoms with E-state index in [1.54, 1.807) is 12.1 Å². The highest BCUT2D eigenvalue weighted by Crippen LogP contribution is 2.13. The van der Waals surface area contributed by atoms with Crippen LogP contribution in [0.4, 0.5) is 5.69 Å². The minimum absolute atomic E-state index is 0. The van der Waals surface area contributed by atoms with Crippen molar-refractivity contribution >= 4 is 35.6 Å². The molecule has 1 aromatic rings. The summed E-state index contributed by atoms with van der Waals surface area (Å²) in [5.41, 5.74) is 6.50. The summed E-state index contributed by atoms with van der Waals surface area (Å²) >= 11 is 0. The first kappa shape index (κ1) is 17.6. The van der Waals surface area contributed by atoms with Gasteiger partial charge in [-0.25, -0.2) is 4.99 Å². The fourth-order valence-electron chi connectivity index (χ4n) is 1.39. The van der Waals surface area contributed by atoms with Gasteiger partial charge in [-0.15, -0.1) is 24.0 Å². The van der Waals surface area contributed by atoms with E-state index in [2.05, 4.69) is 17.2 Å². The maximum absolute atomic E-state index is 10.6. The molecule has 0 aliphatic heterocycles. The summed E-state index contributed by atoms with van der Waals surface area (Å²) < 4.78 is 0. The van der Waals surface area contributed by atoms with E-state index in [0.717, 1.165) is 24.9 Å². The summed E-state index contributed by atoms with van der Waals surface area (Å²) in [5.74, 6) is 0.370.